The van der Waals surface area contributed by atoms with Crippen molar-refractivity contribution in [1.82, 2.24) is 0 Å². The van der Waals surface area contributed by atoms with Gasteiger partial charge in [0.05, 0.1) is 0 Å². The second kappa shape index (κ2) is 10.0. The standard InChI is InChI=1S/C39H42O2S/c40-39(41)33-5-1-2-10-38(33)42(27-15-11-23(12-16-27)34-19-25-21-36(34)31-8-3-6-29(25)31)28-17-13-24(14-18-28)35-20-26-22-37(35)32-9-4-7-30(26)32/h1-2,5,10-18,25-26,29-32,34-37H,3-4,6-9,19-22H2/p+1. The molecule has 42 heavy (non-hydrogen) atoms. The van der Waals surface area contributed by atoms with E-state index >= 15 is 0 Å². The van der Waals surface area contributed by atoms with Crippen LogP contribution in [0, 0.1) is 47.3 Å². The molecule has 10 unspecified atom stereocenters. The first kappa shape index (κ1) is 25.9. The smallest absolute Gasteiger partial charge is 0.340 e. The molecule has 3 heteroatoms. The quantitative estimate of drug-likeness (QED) is 0.297. The van der Waals surface area contributed by atoms with Crippen LogP contribution in [0.25, 0.3) is 0 Å². The van der Waals surface area contributed by atoms with E-state index < -0.39 is 16.9 Å². The average Bonchev–Trinajstić information content (AvgIpc) is 3.85. The third kappa shape index (κ3) is 3.94. The number of aromatic carboxylic acids is 1. The molecule has 3 aromatic rings. The van der Waals surface area contributed by atoms with Gasteiger partial charge in [0.1, 0.15) is 16.5 Å². The number of carbonyl (C=O) groups is 1. The van der Waals surface area contributed by atoms with Crippen molar-refractivity contribution in [3.63, 3.8) is 0 Å². The Labute approximate surface area is 253 Å². The second-order valence-corrected chi connectivity index (χ2v) is 16.8. The molecule has 6 aliphatic carbocycles. The molecule has 6 aliphatic rings. The van der Waals surface area contributed by atoms with Crippen LogP contribution in [0.15, 0.2) is 87.5 Å². The van der Waals surface area contributed by atoms with Crippen molar-refractivity contribution in [2.75, 3.05) is 0 Å². The third-order valence-electron chi connectivity index (χ3n) is 13.3. The van der Waals surface area contributed by atoms with E-state index in [1.54, 1.807) is 6.07 Å². The third-order valence-corrected chi connectivity index (χ3v) is 15.6. The van der Waals surface area contributed by atoms with Crippen molar-refractivity contribution in [2.45, 2.75) is 90.7 Å². The summed E-state index contributed by atoms with van der Waals surface area (Å²) in [7, 11) is -0.459. The van der Waals surface area contributed by atoms with Gasteiger partial charge in [0.2, 0.25) is 0 Å². The molecule has 6 fully saturated rings. The molecule has 0 spiro atoms. The van der Waals surface area contributed by atoms with Crippen molar-refractivity contribution < 1.29 is 9.90 Å². The molecule has 0 amide bonds. The molecule has 216 valence electrons. The Kier molecular flexibility index (Phi) is 6.18. The molecule has 9 rings (SSSR count). The molecule has 4 bridgehead atoms. The minimum absolute atomic E-state index is 0.426. The zero-order chi connectivity index (χ0) is 27.9. The van der Waals surface area contributed by atoms with Gasteiger partial charge >= 0.3 is 5.97 Å². The largest absolute Gasteiger partial charge is 0.478 e. The van der Waals surface area contributed by atoms with Gasteiger partial charge in [0, 0.05) is 0 Å². The van der Waals surface area contributed by atoms with Crippen LogP contribution in [-0.4, -0.2) is 11.1 Å². The van der Waals surface area contributed by atoms with E-state index in [-0.39, 0.29) is 0 Å². The summed E-state index contributed by atoms with van der Waals surface area (Å²) >= 11 is 0. The topological polar surface area (TPSA) is 37.3 Å². The van der Waals surface area contributed by atoms with Crippen LogP contribution in [0.3, 0.4) is 0 Å². The lowest BCUT2D eigenvalue weighted by molar-refractivity contribution is 0.0693. The monoisotopic (exact) mass is 575 g/mol. The average molecular weight is 576 g/mol. The fraction of sp³-hybridized carbons (Fsp3) is 0.513. The zero-order valence-electron chi connectivity index (χ0n) is 24.5. The molecule has 1 N–H and O–H groups in total. The molecule has 0 aliphatic heterocycles. The highest BCUT2D eigenvalue weighted by Crippen LogP contribution is 2.64. The van der Waals surface area contributed by atoms with E-state index in [2.05, 4.69) is 48.5 Å². The first-order chi connectivity index (χ1) is 20.6. The maximum atomic E-state index is 12.4. The molecule has 0 saturated heterocycles. The summed E-state index contributed by atoms with van der Waals surface area (Å²) in [6.07, 6.45) is 14.4. The summed E-state index contributed by atoms with van der Waals surface area (Å²) in [5, 5.41) is 10.2. The fourth-order valence-corrected chi connectivity index (χ4v) is 14.0. The highest BCUT2D eigenvalue weighted by atomic mass is 32.2. The van der Waals surface area contributed by atoms with E-state index in [1.165, 1.54) is 85.1 Å². The normalized spacial score (nSPS) is 38.1. The van der Waals surface area contributed by atoms with Crippen molar-refractivity contribution in [1.29, 1.82) is 0 Å². The summed E-state index contributed by atoms with van der Waals surface area (Å²) in [5.41, 5.74) is 3.46. The highest BCUT2D eigenvalue weighted by molar-refractivity contribution is 7.97. The lowest BCUT2D eigenvalue weighted by atomic mass is 9.73. The van der Waals surface area contributed by atoms with Crippen molar-refractivity contribution in [2.24, 2.45) is 47.3 Å². The first-order valence-corrected chi connectivity index (χ1v) is 18.1. The van der Waals surface area contributed by atoms with Gasteiger partial charge in [-0.05, 0) is 158 Å². The number of carboxylic acids is 1. The Morgan fingerprint density at radius 3 is 1.55 bits per heavy atom. The van der Waals surface area contributed by atoms with E-state index in [0.717, 1.165) is 64.1 Å². The molecule has 3 aromatic carbocycles. The first-order valence-electron chi connectivity index (χ1n) is 16.9. The number of fused-ring (bicyclic) bond motifs is 10. The van der Waals surface area contributed by atoms with Gasteiger partial charge in [0.25, 0.3) is 0 Å². The maximum absolute atomic E-state index is 12.4. The van der Waals surface area contributed by atoms with E-state index in [9.17, 15) is 9.90 Å². The Hall–Kier alpha value is -2.52. The van der Waals surface area contributed by atoms with Gasteiger partial charge < -0.3 is 5.11 Å². The molecular weight excluding hydrogens is 532 g/mol. The molecular formula is C39H43O2S+. The number of hydrogen-bond acceptors (Lipinski definition) is 1. The van der Waals surface area contributed by atoms with Crippen molar-refractivity contribution in [3.8, 4) is 0 Å². The van der Waals surface area contributed by atoms with Crippen molar-refractivity contribution >= 4 is 16.9 Å². The molecule has 6 saturated carbocycles. The Morgan fingerprint density at radius 2 is 1.05 bits per heavy atom. The van der Waals surface area contributed by atoms with E-state index in [1.807, 2.05) is 18.2 Å². The van der Waals surface area contributed by atoms with Crippen LogP contribution in [0.1, 0.15) is 97.5 Å². The van der Waals surface area contributed by atoms with Crippen LogP contribution in [-0.2, 0) is 10.9 Å². The minimum atomic E-state index is -0.836. The number of carboxylic acid groups (broad SMARTS) is 1. The van der Waals surface area contributed by atoms with Crippen LogP contribution in [0.5, 0.6) is 0 Å². The van der Waals surface area contributed by atoms with Crippen LogP contribution >= 0.6 is 0 Å². The second-order valence-electron chi connectivity index (χ2n) is 14.8. The lowest BCUT2D eigenvalue weighted by Gasteiger charge is -2.32. The van der Waals surface area contributed by atoms with E-state index in [0.29, 0.717) is 5.56 Å². The zero-order valence-corrected chi connectivity index (χ0v) is 25.4. The molecule has 0 aromatic heterocycles. The summed E-state index contributed by atoms with van der Waals surface area (Å²) in [6.45, 7) is 0. The fourth-order valence-electron chi connectivity index (χ4n) is 11.8. The van der Waals surface area contributed by atoms with Gasteiger partial charge in [-0.2, -0.15) is 0 Å². The van der Waals surface area contributed by atoms with Crippen LogP contribution in [0.4, 0.5) is 0 Å². The summed E-state index contributed by atoms with van der Waals surface area (Å²) in [4.78, 5) is 15.8. The van der Waals surface area contributed by atoms with Crippen molar-refractivity contribution in [3.05, 3.63) is 89.5 Å². The summed E-state index contributed by atoms with van der Waals surface area (Å²) in [5.74, 6) is 8.27. The Bertz CT molecular complexity index is 1410. The van der Waals surface area contributed by atoms with Gasteiger partial charge in [-0.1, -0.05) is 49.2 Å². The number of rotatable bonds is 6. The summed E-state index contributed by atoms with van der Waals surface area (Å²) < 4.78 is 0. The lowest BCUT2D eigenvalue weighted by Crippen LogP contribution is -2.23. The molecule has 0 heterocycles. The Morgan fingerprint density at radius 1 is 0.571 bits per heavy atom. The predicted octanol–water partition coefficient (Wildman–Crippen LogP) is 9.56. The molecule has 10 atom stereocenters. The molecule has 2 nitrogen and oxygen atoms in total. The Balaban J connectivity index is 1.04. The number of benzene rings is 3. The summed E-state index contributed by atoms with van der Waals surface area (Å²) in [6, 6.07) is 26.6. The number of hydrogen-bond donors (Lipinski definition) is 1. The van der Waals surface area contributed by atoms with Gasteiger partial charge in [-0.15, -0.1) is 0 Å². The van der Waals surface area contributed by atoms with Crippen LogP contribution in [0.2, 0.25) is 0 Å². The van der Waals surface area contributed by atoms with Gasteiger partial charge in [-0.3, -0.25) is 0 Å². The predicted molar refractivity (Wildman–Crippen MR) is 168 cm³/mol. The van der Waals surface area contributed by atoms with E-state index in [4.69, 9.17) is 0 Å². The van der Waals surface area contributed by atoms with Gasteiger partial charge in [0.15, 0.2) is 14.7 Å². The van der Waals surface area contributed by atoms with Crippen LogP contribution < -0.4 is 0 Å². The maximum Gasteiger partial charge on any atom is 0.340 e. The minimum Gasteiger partial charge on any atom is -0.478 e. The molecule has 0 radical (unpaired) electrons. The highest BCUT2D eigenvalue weighted by Gasteiger charge is 2.55. The van der Waals surface area contributed by atoms with Gasteiger partial charge in [-0.25, -0.2) is 4.79 Å². The SMILES string of the molecule is O=C(O)c1ccccc1[S+](c1ccc(C2CC3CC2C2CCCC32)cc1)c1ccc(C2CC3CC2C2CCCC32)cc1.